The summed E-state index contributed by atoms with van der Waals surface area (Å²) in [5, 5.41) is 13.2. The van der Waals surface area contributed by atoms with E-state index in [4.69, 9.17) is 18.5 Å². The number of phosphoric acid groups is 1. The van der Waals surface area contributed by atoms with E-state index in [1.807, 2.05) is 12.1 Å². The van der Waals surface area contributed by atoms with Crippen molar-refractivity contribution in [1.82, 2.24) is 10.3 Å². The number of hydrogen-bond donors (Lipinski definition) is 3. The molecule has 368 valence electrons. The first-order valence-corrected chi connectivity index (χ1v) is 28.4. The zero-order valence-electron chi connectivity index (χ0n) is 39.5. The molecule has 3 atom stereocenters. The van der Waals surface area contributed by atoms with Crippen molar-refractivity contribution in [3.63, 3.8) is 0 Å². The molecule has 0 aliphatic rings. The molecule has 1 aromatic heterocycles. The average molecular weight is 957 g/mol. The Bertz CT molecular complexity index is 1390. The minimum atomic E-state index is -4.63. The number of ether oxygens (including phenoxy) is 2. The minimum Gasteiger partial charge on any atom is -0.480 e. The molecule has 0 bridgehead atoms. The number of phosphoric ester groups is 1. The van der Waals surface area contributed by atoms with E-state index in [2.05, 4.69) is 48.5 Å². The Labute approximate surface area is 395 Å². The number of nitrogens with one attached hydrogen (secondary N) is 1. The van der Waals surface area contributed by atoms with Gasteiger partial charge in [0.2, 0.25) is 0 Å². The lowest BCUT2D eigenvalue weighted by atomic mass is 10.1. The topological polar surface area (TPSA) is 171 Å². The molecule has 0 aliphatic heterocycles. The number of allylic oxidation sites excluding steroid dienone is 4. The van der Waals surface area contributed by atoms with Crippen LogP contribution in [0.3, 0.4) is 0 Å². The first kappa shape index (κ1) is 59.8. The van der Waals surface area contributed by atoms with Gasteiger partial charge in [-0.25, -0.2) is 9.55 Å². The van der Waals surface area contributed by atoms with E-state index in [-0.39, 0.29) is 38.4 Å². The van der Waals surface area contributed by atoms with E-state index in [1.165, 1.54) is 98.6 Å². The molecular weight excluding hydrogens is 872 g/mol. The molecule has 0 aromatic carbocycles. The van der Waals surface area contributed by atoms with E-state index in [0.29, 0.717) is 12.8 Å². The second-order valence-electron chi connectivity index (χ2n) is 16.4. The van der Waals surface area contributed by atoms with Gasteiger partial charge < -0.3 is 24.8 Å². The fourth-order valence-electron chi connectivity index (χ4n) is 6.68. The number of carboxylic acids is 1. The van der Waals surface area contributed by atoms with Gasteiger partial charge in [-0.3, -0.25) is 23.4 Å². The summed E-state index contributed by atoms with van der Waals surface area (Å²) >= 11 is 0. The number of carbonyl (C=O) groups excluding carboxylic acids is 2. The van der Waals surface area contributed by atoms with E-state index in [1.54, 1.807) is 12.3 Å². The fraction of sp³-hybridized carbons (Fsp3) is 0.755. The fourth-order valence-corrected chi connectivity index (χ4v) is 9.53. The van der Waals surface area contributed by atoms with Crippen LogP contribution < -0.4 is 5.32 Å². The zero-order chi connectivity index (χ0) is 46.6. The van der Waals surface area contributed by atoms with Crippen LogP contribution >= 0.6 is 29.4 Å². The largest absolute Gasteiger partial charge is 0.480 e. The van der Waals surface area contributed by atoms with E-state index in [9.17, 15) is 28.9 Å². The van der Waals surface area contributed by atoms with Gasteiger partial charge in [0.05, 0.1) is 13.2 Å². The SMILES string of the molecule is CCCCCCCCC=CCCCCCCCC(=O)OC[C@H](COP(=O)(O)OCCNC(CSSc1ccccn1)C(=O)O)OC(=O)CCCCCCCC=CCCCCCCCC. The summed E-state index contributed by atoms with van der Waals surface area (Å²) in [6, 6.07) is 4.53. The molecule has 0 aliphatic carbocycles. The van der Waals surface area contributed by atoms with E-state index < -0.39 is 44.5 Å². The maximum atomic E-state index is 12.8. The van der Waals surface area contributed by atoms with Crippen molar-refractivity contribution in [2.24, 2.45) is 0 Å². The minimum absolute atomic E-state index is 0.0397. The Morgan fingerprint density at radius 1 is 0.688 bits per heavy atom. The molecule has 0 saturated carbocycles. The maximum absolute atomic E-state index is 12.8. The number of rotatable bonds is 46. The van der Waals surface area contributed by atoms with Gasteiger partial charge in [-0.05, 0) is 87.1 Å². The first-order chi connectivity index (χ1) is 31.2. The molecule has 3 N–H and O–H groups in total. The zero-order valence-corrected chi connectivity index (χ0v) is 42.0. The lowest BCUT2D eigenvalue weighted by Gasteiger charge is -2.20. The Morgan fingerprint density at radius 2 is 1.19 bits per heavy atom. The van der Waals surface area contributed by atoms with Crippen LogP contribution in [0.1, 0.15) is 194 Å². The number of carboxylic acid groups (broad SMARTS) is 1. The molecule has 0 amide bonds. The van der Waals surface area contributed by atoms with Crippen molar-refractivity contribution in [2.75, 3.05) is 32.1 Å². The molecule has 0 radical (unpaired) electrons. The van der Waals surface area contributed by atoms with Gasteiger partial charge in [-0.15, -0.1) is 0 Å². The Kier molecular flexibility index (Phi) is 40.6. The predicted molar refractivity (Wildman–Crippen MR) is 263 cm³/mol. The molecular formula is C49H85N2O10PS2. The highest BCUT2D eigenvalue weighted by atomic mass is 33.1. The highest BCUT2D eigenvalue weighted by Crippen LogP contribution is 2.43. The summed E-state index contributed by atoms with van der Waals surface area (Å²) in [6.45, 7) is 3.27. The number of esters is 2. The monoisotopic (exact) mass is 957 g/mol. The molecule has 1 rings (SSSR count). The van der Waals surface area contributed by atoms with Crippen LogP contribution in [0.25, 0.3) is 0 Å². The summed E-state index contributed by atoms with van der Waals surface area (Å²) in [6.07, 6.45) is 39.9. The Balaban J connectivity index is 2.45. The van der Waals surface area contributed by atoms with Gasteiger partial charge in [0.1, 0.15) is 17.7 Å². The van der Waals surface area contributed by atoms with Gasteiger partial charge >= 0.3 is 25.7 Å². The number of carbonyl (C=O) groups is 3. The lowest BCUT2D eigenvalue weighted by Crippen LogP contribution is -2.40. The molecule has 0 fully saturated rings. The summed E-state index contributed by atoms with van der Waals surface area (Å²) < 4.78 is 34.0. The third kappa shape index (κ3) is 39.0. The summed E-state index contributed by atoms with van der Waals surface area (Å²) in [7, 11) is -1.96. The molecule has 0 saturated heterocycles. The highest BCUT2D eigenvalue weighted by Gasteiger charge is 2.27. The summed E-state index contributed by atoms with van der Waals surface area (Å²) in [5.74, 6) is -1.80. The average Bonchev–Trinajstić information content (AvgIpc) is 3.28. The number of pyridine rings is 1. The number of nitrogens with zero attached hydrogens (tertiary/aromatic N) is 1. The van der Waals surface area contributed by atoms with Gasteiger partial charge in [0.15, 0.2) is 6.10 Å². The van der Waals surface area contributed by atoms with Crippen molar-refractivity contribution in [2.45, 2.75) is 211 Å². The molecule has 1 aromatic rings. The Morgan fingerprint density at radius 3 is 1.69 bits per heavy atom. The number of aliphatic carboxylic acids is 1. The van der Waals surface area contributed by atoms with Crippen molar-refractivity contribution >= 4 is 47.3 Å². The second kappa shape index (κ2) is 43.4. The van der Waals surface area contributed by atoms with Crippen LogP contribution in [-0.2, 0) is 37.5 Å². The van der Waals surface area contributed by atoms with E-state index >= 15 is 0 Å². The van der Waals surface area contributed by atoms with Gasteiger partial charge in [0, 0.05) is 31.3 Å². The first-order valence-electron chi connectivity index (χ1n) is 24.6. The number of aromatic nitrogens is 1. The standard InChI is InChI=1S/C49H85N2O10PS2/c1-3-5-7-9-11-13-15-17-19-21-23-25-27-29-31-36-47(52)58-41-44(61-48(53)37-32-30-28-26-24-22-20-18-16-14-12-10-8-6-4-2)42-60-62(56,57)59-40-39-50-45(49(54)55)43-63-64-46-35-33-34-38-51-46/h17-20,33-35,38,44-45,50H,3-16,21-32,36-37,39-43H2,1-2H3,(H,54,55)(H,56,57)/t44-,45?/m1/s1. The van der Waals surface area contributed by atoms with Gasteiger partial charge in [-0.1, -0.05) is 158 Å². The lowest BCUT2D eigenvalue weighted by molar-refractivity contribution is -0.161. The highest BCUT2D eigenvalue weighted by molar-refractivity contribution is 8.76. The smallest absolute Gasteiger partial charge is 0.472 e. The van der Waals surface area contributed by atoms with Crippen molar-refractivity contribution in [3.8, 4) is 0 Å². The van der Waals surface area contributed by atoms with Crippen LogP contribution in [0.5, 0.6) is 0 Å². The van der Waals surface area contributed by atoms with E-state index in [0.717, 1.165) is 82.1 Å². The van der Waals surface area contributed by atoms with Crippen molar-refractivity contribution in [1.29, 1.82) is 0 Å². The Hall–Kier alpha value is -2.19. The molecule has 0 spiro atoms. The van der Waals surface area contributed by atoms with Crippen LogP contribution in [-0.4, -0.2) is 77.2 Å². The normalized spacial score (nSPS) is 13.6. The molecule has 1 heterocycles. The third-order valence-electron chi connectivity index (χ3n) is 10.5. The van der Waals surface area contributed by atoms with Crippen molar-refractivity contribution in [3.05, 3.63) is 48.7 Å². The van der Waals surface area contributed by atoms with Gasteiger partial charge in [-0.2, -0.15) is 0 Å². The van der Waals surface area contributed by atoms with Crippen LogP contribution in [0.2, 0.25) is 0 Å². The van der Waals surface area contributed by atoms with Crippen molar-refractivity contribution < 1.29 is 47.5 Å². The number of unbranched alkanes of at least 4 members (excludes halogenated alkanes) is 22. The molecule has 64 heavy (non-hydrogen) atoms. The van der Waals surface area contributed by atoms with Crippen LogP contribution in [0.15, 0.2) is 53.7 Å². The summed E-state index contributed by atoms with van der Waals surface area (Å²) in [4.78, 5) is 51.7. The molecule has 12 nitrogen and oxygen atoms in total. The van der Waals surface area contributed by atoms with Crippen LogP contribution in [0.4, 0.5) is 0 Å². The second-order valence-corrected chi connectivity index (χ2v) is 20.3. The third-order valence-corrected chi connectivity index (χ3v) is 13.8. The number of hydrogen-bond acceptors (Lipinski definition) is 12. The molecule has 2 unspecified atom stereocenters. The maximum Gasteiger partial charge on any atom is 0.472 e. The van der Waals surface area contributed by atoms with Crippen LogP contribution in [0, 0.1) is 0 Å². The molecule has 15 heteroatoms. The van der Waals surface area contributed by atoms with Gasteiger partial charge in [0.25, 0.3) is 0 Å². The summed E-state index contributed by atoms with van der Waals surface area (Å²) in [5.41, 5.74) is 0. The quantitative estimate of drug-likeness (QED) is 0.0185. The predicted octanol–water partition coefficient (Wildman–Crippen LogP) is 13.5.